The number of imidazole rings is 1. The monoisotopic (exact) mass is 279 g/mol. The molecule has 1 aromatic heterocycles. The summed E-state index contributed by atoms with van der Waals surface area (Å²) >= 11 is 0. The number of ether oxygens (including phenoxy) is 1. The van der Waals surface area contributed by atoms with Crippen LogP contribution in [0, 0.1) is 18.3 Å². The van der Waals surface area contributed by atoms with E-state index in [0.717, 1.165) is 12.1 Å². The Balaban J connectivity index is 2.33. The lowest BCUT2D eigenvalue weighted by Gasteiger charge is -2.28. The van der Waals surface area contributed by atoms with Gasteiger partial charge in [0.05, 0.1) is 30.8 Å². The van der Waals surface area contributed by atoms with Crippen LogP contribution >= 0.6 is 0 Å². The number of nitrogens with two attached hydrogens (primary N) is 1. The highest BCUT2D eigenvalue weighted by molar-refractivity contribution is 5.58. The number of aliphatic hydroxyl groups is 1. The maximum Gasteiger partial charge on any atom is 0.106 e. The van der Waals surface area contributed by atoms with Gasteiger partial charge in [0.25, 0.3) is 0 Å². The van der Waals surface area contributed by atoms with Crippen molar-refractivity contribution in [2.75, 3.05) is 13.7 Å². The predicted octanol–water partition coefficient (Wildman–Crippen LogP) is 1.72. The molecule has 0 aromatic carbocycles. The number of nitrogens with zero attached hydrogens (tertiary/aromatic N) is 2. The SMILES string of the molecule is C=C(N)c1ncn([C@@H]2C[C@](C)(COC)[C@@H](C)[C@H]2O)c1C. The standard InChI is InChI=1S/C15H25N3O2/c1-9-14(19)12(6-15(9,4)7-20-5)18-8-17-13(10(2)16)11(18)3/h8-9,12,14,19H,2,6-7,16H2,1,3-5H3/t9-,12+,14+,15+/m0/s1. The summed E-state index contributed by atoms with van der Waals surface area (Å²) in [7, 11) is 1.71. The minimum Gasteiger partial charge on any atom is -0.397 e. The van der Waals surface area contributed by atoms with Crippen molar-refractivity contribution in [1.82, 2.24) is 9.55 Å². The maximum absolute atomic E-state index is 10.6. The fourth-order valence-electron chi connectivity index (χ4n) is 3.38. The molecule has 0 saturated heterocycles. The van der Waals surface area contributed by atoms with Crippen molar-refractivity contribution >= 4 is 5.70 Å². The minimum atomic E-state index is -0.415. The predicted molar refractivity (Wildman–Crippen MR) is 79.0 cm³/mol. The summed E-state index contributed by atoms with van der Waals surface area (Å²) in [6.45, 7) is 10.6. The fraction of sp³-hybridized carbons (Fsp3) is 0.667. The zero-order chi connectivity index (χ0) is 15.1. The Morgan fingerprint density at radius 3 is 2.85 bits per heavy atom. The molecule has 20 heavy (non-hydrogen) atoms. The number of hydrogen-bond acceptors (Lipinski definition) is 4. The lowest BCUT2D eigenvalue weighted by atomic mass is 9.81. The number of methoxy groups -OCH3 is 1. The van der Waals surface area contributed by atoms with E-state index >= 15 is 0 Å². The van der Waals surface area contributed by atoms with Gasteiger partial charge in [0.1, 0.15) is 5.69 Å². The third-order valence-electron chi connectivity index (χ3n) is 4.86. The number of hydrogen-bond donors (Lipinski definition) is 2. The van der Waals surface area contributed by atoms with Crippen LogP contribution in [0.5, 0.6) is 0 Å². The average molecular weight is 279 g/mol. The van der Waals surface area contributed by atoms with E-state index < -0.39 is 6.10 Å². The van der Waals surface area contributed by atoms with E-state index in [0.29, 0.717) is 18.0 Å². The molecule has 1 fully saturated rings. The molecule has 0 bridgehead atoms. The second kappa shape index (κ2) is 5.22. The summed E-state index contributed by atoms with van der Waals surface area (Å²) in [6.07, 6.45) is 2.19. The largest absolute Gasteiger partial charge is 0.397 e. The van der Waals surface area contributed by atoms with E-state index in [-0.39, 0.29) is 17.4 Å². The Labute approximate surface area is 120 Å². The van der Waals surface area contributed by atoms with Crippen LogP contribution in [0.4, 0.5) is 0 Å². The molecule has 1 aliphatic carbocycles. The van der Waals surface area contributed by atoms with Crippen LogP contribution in [0.25, 0.3) is 5.70 Å². The van der Waals surface area contributed by atoms with Crippen molar-refractivity contribution < 1.29 is 9.84 Å². The van der Waals surface area contributed by atoms with Crippen molar-refractivity contribution in [3.8, 4) is 0 Å². The van der Waals surface area contributed by atoms with Gasteiger partial charge in [-0.05, 0) is 24.7 Å². The molecular formula is C15H25N3O2. The first-order valence-corrected chi connectivity index (χ1v) is 6.97. The molecule has 112 valence electrons. The Kier molecular flexibility index (Phi) is 3.93. The maximum atomic E-state index is 10.6. The average Bonchev–Trinajstić information content (AvgIpc) is 2.85. The number of aromatic nitrogens is 2. The molecule has 1 aliphatic rings. The Bertz CT molecular complexity index is 511. The van der Waals surface area contributed by atoms with Gasteiger partial charge in [-0.1, -0.05) is 20.4 Å². The number of aliphatic hydroxyl groups excluding tert-OH is 1. The molecule has 0 aliphatic heterocycles. The first-order chi connectivity index (χ1) is 9.31. The second-order valence-corrected chi connectivity index (χ2v) is 6.25. The summed E-state index contributed by atoms with van der Waals surface area (Å²) in [6, 6.07) is 0.00532. The molecule has 5 heteroatoms. The van der Waals surface area contributed by atoms with Crippen molar-refractivity contribution in [2.45, 2.75) is 39.3 Å². The topological polar surface area (TPSA) is 73.3 Å². The molecule has 1 aromatic rings. The molecule has 0 unspecified atom stereocenters. The van der Waals surface area contributed by atoms with Crippen LogP contribution in [0.2, 0.25) is 0 Å². The van der Waals surface area contributed by atoms with E-state index in [1.165, 1.54) is 0 Å². The summed E-state index contributed by atoms with van der Waals surface area (Å²) in [5, 5.41) is 10.6. The van der Waals surface area contributed by atoms with E-state index in [1.807, 2.05) is 11.5 Å². The van der Waals surface area contributed by atoms with Gasteiger partial charge in [-0.2, -0.15) is 0 Å². The van der Waals surface area contributed by atoms with Crippen LogP contribution in [-0.2, 0) is 4.74 Å². The summed E-state index contributed by atoms with van der Waals surface area (Å²) in [5.74, 6) is 0.166. The fourth-order valence-corrected chi connectivity index (χ4v) is 3.38. The van der Waals surface area contributed by atoms with Gasteiger partial charge in [0.2, 0.25) is 0 Å². The first kappa shape index (κ1) is 15.1. The van der Waals surface area contributed by atoms with Crippen LogP contribution in [0.15, 0.2) is 12.9 Å². The molecule has 0 radical (unpaired) electrons. The highest BCUT2D eigenvalue weighted by Crippen LogP contribution is 2.49. The summed E-state index contributed by atoms with van der Waals surface area (Å²) in [4.78, 5) is 4.31. The molecule has 2 rings (SSSR count). The molecule has 0 spiro atoms. The van der Waals surface area contributed by atoms with Gasteiger partial charge < -0.3 is 20.1 Å². The molecular weight excluding hydrogens is 254 g/mol. The van der Waals surface area contributed by atoms with Gasteiger partial charge in [-0.15, -0.1) is 0 Å². The van der Waals surface area contributed by atoms with E-state index in [4.69, 9.17) is 10.5 Å². The highest BCUT2D eigenvalue weighted by Gasteiger charge is 2.48. The number of rotatable bonds is 4. The Morgan fingerprint density at radius 2 is 2.35 bits per heavy atom. The van der Waals surface area contributed by atoms with Gasteiger partial charge in [0, 0.05) is 12.8 Å². The van der Waals surface area contributed by atoms with Crippen LogP contribution < -0.4 is 5.73 Å². The van der Waals surface area contributed by atoms with Crippen LogP contribution in [0.3, 0.4) is 0 Å². The molecule has 5 nitrogen and oxygen atoms in total. The van der Waals surface area contributed by atoms with Gasteiger partial charge in [-0.25, -0.2) is 4.98 Å². The molecule has 0 amide bonds. The summed E-state index contributed by atoms with van der Waals surface area (Å²) in [5.41, 5.74) is 7.83. The Hall–Kier alpha value is -1.33. The van der Waals surface area contributed by atoms with E-state index in [1.54, 1.807) is 13.4 Å². The third-order valence-corrected chi connectivity index (χ3v) is 4.86. The third kappa shape index (κ3) is 2.25. The van der Waals surface area contributed by atoms with Gasteiger partial charge in [0.15, 0.2) is 0 Å². The van der Waals surface area contributed by atoms with Gasteiger partial charge >= 0.3 is 0 Å². The smallest absolute Gasteiger partial charge is 0.106 e. The van der Waals surface area contributed by atoms with Crippen molar-refractivity contribution in [3.63, 3.8) is 0 Å². The van der Waals surface area contributed by atoms with Crippen molar-refractivity contribution in [2.24, 2.45) is 17.1 Å². The van der Waals surface area contributed by atoms with E-state index in [2.05, 4.69) is 25.4 Å². The zero-order valence-corrected chi connectivity index (χ0v) is 12.8. The van der Waals surface area contributed by atoms with Crippen LogP contribution in [0.1, 0.15) is 37.7 Å². The molecule has 1 heterocycles. The molecule has 3 N–H and O–H groups in total. The first-order valence-electron chi connectivity index (χ1n) is 6.97. The lowest BCUT2D eigenvalue weighted by Crippen LogP contribution is -2.30. The van der Waals surface area contributed by atoms with Gasteiger partial charge in [-0.3, -0.25) is 0 Å². The second-order valence-electron chi connectivity index (χ2n) is 6.25. The zero-order valence-electron chi connectivity index (χ0n) is 12.8. The molecule has 4 atom stereocenters. The van der Waals surface area contributed by atoms with Crippen LogP contribution in [-0.4, -0.2) is 34.5 Å². The van der Waals surface area contributed by atoms with E-state index in [9.17, 15) is 5.11 Å². The molecule has 1 saturated carbocycles. The highest BCUT2D eigenvalue weighted by atomic mass is 16.5. The minimum absolute atomic E-state index is 0.00532. The Morgan fingerprint density at radius 1 is 1.70 bits per heavy atom. The summed E-state index contributed by atoms with van der Waals surface area (Å²) < 4.78 is 7.36. The quantitative estimate of drug-likeness (QED) is 0.880. The van der Waals surface area contributed by atoms with Crippen molar-refractivity contribution in [3.05, 3.63) is 24.3 Å². The lowest BCUT2D eigenvalue weighted by molar-refractivity contribution is 0.0323. The normalized spacial score (nSPS) is 33.5. The van der Waals surface area contributed by atoms with Crippen molar-refractivity contribution in [1.29, 1.82) is 0 Å².